The molecule has 0 aromatic rings. The first-order valence-electron chi connectivity index (χ1n) is 5.34. The van der Waals surface area contributed by atoms with Gasteiger partial charge in [0.25, 0.3) is 0 Å². The Morgan fingerprint density at radius 2 is 2.23 bits per heavy atom. The van der Waals surface area contributed by atoms with Crippen molar-refractivity contribution in [2.45, 2.75) is 25.8 Å². The molecular formula is C10H22N2O. The SMILES string of the molecule is CCC(CN1CCCOCC1)NC. The van der Waals surface area contributed by atoms with Crippen molar-refractivity contribution >= 4 is 0 Å². The number of hydrogen-bond acceptors (Lipinski definition) is 3. The Morgan fingerprint density at radius 1 is 1.38 bits per heavy atom. The third kappa shape index (κ3) is 4.07. The largest absolute Gasteiger partial charge is 0.380 e. The molecule has 0 radical (unpaired) electrons. The second-order valence-corrected chi connectivity index (χ2v) is 3.66. The van der Waals surface area contributed by atoms with Crippen LogP contribution in [0.4, 0.5) is 0 Å². The van der Waals surface area contributed by atoms with Gasteiger partial charge in [0, 0.05) is 32.3 Å². The quantitative estimate of drug-likeness (QED) is 0.699. The molecule has 0 amide bonds. The monoisotopic (exact) mass is 186 g/mol. The lowest BCUT2D eigenvalue weighted by Gasteiger charge is -2.24. The molecule has 78 valence electrons. The molecule has 1 aliphatic rings. The van der Waals surface area contributed by atoms with E-state index in [0.29, 0.717) is 6.04 Å². The molecule has 0 spiro atoms. The molecule has 1 heterocycles. The van der Waals surface area contributed by atoms with Crippen LogP contribution in [0.1, 0.15) is 19.8 Å². The maximum Gasteiger partial charge on any atom is 0.0593 e. The van der Waals surface area contributed by atoms with Crippen molar-refractivity contribution < 1.29 is 4.74 Å². The van der Waals surface area contributed by atoms with E-state index in [1.54, 1.807) is 0 Å². The van der Waals surface area contributed by atoms with Gasteiger partial charge in [0.1, 0.15) is 0 Å². The summed E-state index contributed by atoms with van der Waals surface area (Å²) in [6, 6.07) is 0.637. The van der Waals surface area contributed by atoms with Crippen LogP contribution in [0.2, 0.25) is 0 Å². The van der Waals surface area contributed by atoms with Crippen molar-refractivity contribution in [1.29, 1.82) is 0 Å². The Balaban J connectivity index is 2.24. The molecule has 1 rings (SSSR count). The highest BCUT2D eigenvalue weighted by atomic mass is 16.5. The number of ether oxygens (including phenoxy) is 1. The zero-order valence-corrected chi connectivity index (χ0v) is 8.88. The Morgan fingerprint density at radius 3 is 2.92 bits per heavy atom. The summed E-state index contributed by atoms with van der Waals surface area (Å²) >= 11 is 0. The average Bonchev–Trinajstić information content (AvgIpc) is 2.42. The van der Waals surface area contributed by atoms with Crippen LogP contribution in [0, 0.1) is 0 Å². The summed E-state index contributed by atoms with van der Waals surface area (Å²) < 4.78 is 5.41. The van der Waals surface area contributed by atoms with E-state index in [-0.39, 0.29) is 0 Å². The number of hydrogen-bond donors (Lipinski definition) is 1. The summed E-state index contributed by atoms with van der Waals surface area (Å²) in [5.41, 5.74) is 0. The van der Waals surface area contributed by atoms with Gasteiger partial charge in [0.15, 0.2) is 0 Å². The van der Waals surface area contributed by atoms with E-state index in [1.807, 2.05) is 7.05 Å². The van der Waals surface area contributed by atoms with Crippen molar-refractivity contribution in [2.75, 3.05) is 39.9 Å². The van der Waals surface area contributed by atoms with Gasteiger partial charge in [-0.05, 0) is 19.9 Å². The van der Waals surface area contributed by atoms with Gasteiger partial charge in [-0.25, -0.2) is 0 Å². The second-order valence-electron chi connectivity index (χ2n) is 3.66. The van der Waals surface area contributed by atoms with Gasteiger partial charge in [-0.2, -0.15) is 0 Å². The van der Waals surface area contributed by atoms with Gasteiger partial charge in [0.2, 0.25) is 0 Å². The maximum atomic E-state index is 5.41. The van der Waals surface area contributed by atoms with Crippen LogP contribution in [0.15, 0.2) is 0 Å². The fourth-order valence-corrected chi connectivity index (χ4v) is 1.72. The molecular weight excluding hydrogens is 164 g/mol. The molecule has 1 fully saturated rings. The van der Waals surface area contributed by atoms with E-state index >= 15 is 0 Å². The number of rotatable bonds is 4. The molecule has 0 saturated carbocycles. The van der Waals surface area contributed by atoms with E-state index in [1.165, 1.54) is 19.4 Å². The fraction of sp³-hybridized carbons (Fsp3) is 1.00. The van der Waals surface area contributed by atoms with E-state index in [0.717, 1.165) is 26.3 Å². The first-order chi connectivity index (χ1) is 6.36. The summed E-state index contributed by atoms with van der Waals surface area (Å²) in [6.07, 6.45) is 2.38. The maximum absolute atomic E-state index is 5.41. The van der Waals surface area contributed by atoms with Gasteiger partial charge >= 0.3 is 0 Å². The number of nitrogens with zero attached hydrogens (tertiary/aromatic N) is 1. The summed E-state index contributed by atoms with van der Waals surface area (Å²) in [5, 5.41) is 3.34. The number of nitrogens with one attached hydrogen (secondary N) is 1. The molecule has 3 nitrogen and oxygen atoms in total. The summed E-state index contributed by atoms with van der Waals surface area (Å²) in [4.78, 5) is 2.50. The number of likely N-dealkylation sites (N-methyl/N-ethyl adjacent to an activating group) is 1. The molecule has 13 heavy (non-hydrogen) atoms. The zero-order chi connectivity index (χ0) is 9.52. The third-order valence-electron chi connectivity index (χ3n) is 2.69. The van der Waals surface area contributed by atoms with Crippen LogP contribution in [-0.4, -0.2) is 50.8 Å². The lowest BCUT2D eigenvalue weighted by Crippen LogP contribution is -2.40. The standard InChI is InChI=1S/C10H22N2O/c1-3-10(11-2)9-12-5-4-7-13-8-6-12/h10-11H,3-9H2,1-2H3. The van der Waals surface area contributed by atoms with E-state index in [9.17, 15) is 0 Å². The predicted molar refractivity (Wildman–Crippen MR) is 55.0 cm³/mol. The van der Waals surface area contributed by atoms with Crippen molar-refractivity contribution in [1.82, 2.24) is 10.2 Å². The molecule has 0 aliphatic carbocycles. The van der Waals surface area contributed by atoms with Gasteiger partial charge in [-0.3, -0.25) is 4.90 Å². The van der Waals surface area contributed by atoms with Gasteiger partial charge in [-0.15, -0.1) is 0 Å². The summed E-state index contributed by atoms with van der Waals surface area (Å²) in [5.74, 6) is 0. The van der Waals surface area contributed by atoms with Crippen molar-refractivity contribution in [3.05, 3.63) is 0 Å². The third-order valence-corrected chi connectivity index (χ3v) is 2.69. The van der Waals surface area contributed by atoms with Crippen molar-refractivity contribution in [2.24, 2.45) is 0 Å². The smallest absolute Gasteiger partial charge is 0.0593 e. The Bertz CT molecular complexity index is 118. The zero-order valence-electron chi connectivity index (χ0n) is 8.88. The van der Waals surface area contributed by atoms with Gasteiger partial charge in [-0.1, -0.05) is 6.92 Å². The first kappa shape index (κ1) is 11.0. The lowest BCUT2D eigenvalue weighted by molar-refractivity contribution is 0.139. The minimum atomic E-state index is 0.637. The van der Waals surface area contributed by atoms with Crippen molar-refractivity contribution in [3.63, 3.8) is 0 Å². The van der Waals surface area contributed by atoms with Crippen LogP contribution in [0.3, 0.4) is 0 Å². The molecule has 1 unspecified atom stereocenters. The minimum absolute atomic E-state index is 0.637. The van der Waals surface area contributed by atoms with E-state index in [4.69, 9.17) is 4.74 Å². The lowest BCUT2D eigenvalue weighted by atomic mass is 10.2. The molecule has 1 atom stereocenters. The molecule has 1 N–H and O–H groups in total. The molecule has 3 heteroatoms. The average molecular weight is 186 g/mol. The molecule has 1 saturated heterocycles. The van der Waals surface area contributed by atoms with E-state index in [2.05, 4.69) is 17.1 Å². The minimum Gasteiger partial charge on any atom is -0.380 e. The predicted octanol–water partition coefficient (Wildman–Crippen LogP) is 0.707. The summed E-state index contributed by atoms with van der Waals surface area (Å²) in [7, 11) is 2.04. The highest BCUT2D eigenvalue weighted by molar-refractivity contribution is 4.70. The van der Waals surface area contributed by atoms with Crippen LogP contribution in [-0.2, 0) is 4.74 Å². The van der Waals surface area contributed by atoms with Crippen LogP contribution < -0.4 is 5.32 Å². The topological polar surface area (TPSA) is 24.5 Å². The van der Waals surface area contributed by atoms with Gasteiger partial charge < -0.3 is 10.1 Å². The highest BCUT2D eigenvalue weighted by Gasteiger charge is 2.12. The van der Waals surface area contributed by atoms with Crippen molar-refractivity contribution in [3.8, 4) is 0 Å². The molecule has 0 bridgehead atoms. The van der Waals surface area contributed by atoms with E-state index < -0.39 is 0 Å². The Kier molecular flexibility index (Phi) is 5.35. The van der Waals surface area contributed by atoms with Crippen LogP contribution in [0.5, 0.6) is 0 Å². The summed E-state index contributed by atoms with van der Waals surface area (Å²) in [6.45, 7) is 7.52. The molecule has 1 aliphatic heterocycles. The Hall–Kier alpha value is -0.120. The van der Waals surface area contributed by atoms with Crippen LogP contribution >= 0.6 is 0 Å². The Labute approximate surface area is 81.4 Å². The van der Waals surface area contributed by atoms with Gasteiger partial charge in [0.05, 0.1) is 6.61 Å². The highest BCUT2D eigenvalue weighted by Crippen LogP contribution is 2.01. The normalized spacial score (nSPS) is 22.6. The molecule has 0 aromatic heterocycles. The second kappa shape index (κ2) is 6.35. The fourth-order valence-electron chi connectivity index (χ4n) is 1.72. The van der Waals surface area contributed by atoms with Crippen LogP contribution in [0.25, 0.3) is 0 Å². The first-order valence-corrected chi connectivity index (χ1v) is 5.34. The molecule has 0 aromatic carbocycles.